The third kappa shape index (κ3) is 5.89. The number of cyclic esters (lactones) is 2. The molecule has 0 aromatic carbocycles. The summed E-state index contributed by atoms with van der Waals surface area (Å²) in [5.74, 6) is 0. The van der Waals surface area contributed by atoms with Gasteiger partial charge in [-0.2, -0.15) is 0 Å². The van der Waals surface area contributed by atoms with Crippen molar-refractivity contribution in [3.63, 3.8) is 0 Å². The molecule has 10 nitrogen and oxygen atoms in total. The van der Waals surface area contributed by atoms with E-state index in [1.165, 1.54) is 0 Å². The Balaban J connectivity index is 1.67. The van der Waals surface area contributed by atoms with E-state index in [4.69, 9.17) is 33.2 Å². The molecule has 0 aliphatic carbocycles. The van der Waals surface area contributed by atoms with Crippen molar-refractivity contribution in [1.82, 2.24) is 5.32 Å². The predicted octanol–water partition coefficient (Wildman–Crippen LogP) is 2.48. The summed E-state index contributed by atoms with van der Waals surface area (Å²) >= 11 is 0. The minimum absolute atomic E-state index is 0.000930. The summed E-state index contributed by atoms with van der Waals surface area (Å²) < 4.78 is 39.1. The summed E-state index contributed by atoms with van der Waals surface area (Å²) in [4.78, 5) is 23.7. The van der Waals surface area contributed by atoms with Crippen molar-refractivity contribution in [2.75, 3.05) is 27.1 Å². The van der Waals surface area contributed by atoms with Gasteiger partial charge in [0.25, 0.3) is 0 Å². The van der Waals surface area contributed by atoms with Crippen LogP contribution in [-0.2, 0) is 33.2 Å². The molecule has 6 atom stereocenters. The third-order valence-electron chi connectivity index (χ3n) is 6.04. The first-order valence-electron chi connectivity index (χ1n) is 10.7. The molecule has 31 heavy (non-hydrogen) atoms. The molecule has 1 N–H and O–H groups in total. The molecule has 0 bridgehead atoms. The fourth-order valence-corrected chi connectivity index (χ4v) is 4.90. The third-order valence-corrected chi connectivity index (χ3v) is 7.74. The molecule has 3 heterocycles. The highest BCUT2D eigenvalue weighted by Crippen LogP contribution is 2.43. The van der Waals surface area contributed by atoms with Crippen molar-refractivity contribution < 1.29 is 42.7 Å². The number of hydrogen-bond acceptors (Lipinski definition) is 9. The molecule has 3 aliphatic rings. The Labute approximate surface area is 184 Å². The highest BCUT2D eigenvalue weighted by atomic mass is 28.3. The van der Waals surface area contributed by atoms with E-state index in [0.29, 0.717) is 13.0 Å². The van der Waals surface area contributed by atoms with Crippen molar-refractivity contribution in [1.29, 1.82) is 0 Å². The molecular weight excluding hydrogens is 426 g/mol. The summed E-state index contributed by atoms with van der Waals surface area (Å²) in [5, 5.41) is 2.76. The van der Waals surface area contributed by atoms with E-state index in [0.717, 1.165) is 6.04 Å². The van der Waals surface area contributed by atoms with Crippen molar-refractivity contribution in [3.8, 4) is 0 Å². The predicted molar refractivity (Wildman–Crippen MR) is 111 cm³/mol. The van der Waals surface area contributed by atoms with Gasteiger partial charge in [0.05, 0.1) is 18.8 Å². The number of carbonyl (C=O) groups is 2. The maximum Gasteiger partial charge on any atom is 0.508 e. The van der Waals surface area contributed by atoms with Gasteiger partial charge in [-0.05, 0) is 6.04 Å². The van der Waals surface area contributed by atoms with E-state index in [-0.39, 0.29) is 25.6 Å². The summed E-state index contributed by atoms with van der Waals surface area (Å²) in [6.45, 7) is 11.2. The second-order valence-electron chi connectivity index (χ2n) is 10.0. The van der Waals surface area contributed by atoms with Crippen LogP contribution < -0.4 is 5.32 Å². The lowest BCUT2D eigenvalue weighted by molar-refractivity contribution is -0.330. The van der Waals surface area contributed by atoms with E-state index >= 15 is 0 Å². The first-order chi connectivity index (χ1) is 14.5. The van der Waals surface area contributed by atoms with E-state index in [9.17, 15) is 9.59 Å². The topological polar surface area (TPSA) is 111 Å². The number of hydrogen-bond donors (Lipinski definition) is 1. The molecule has 0 unspecified atom stereocenters. The molecule has 0 radical (unpaired) electrons. The van der Waals surface area contributed by atoms with Crippen LogP contribution in [0.2, 0.25) is 25.7 Å². The number of carbonyl (C=O) groups excluding carboxylic acids is 2. The number of nitrogens with one attached hydrogen (secondary N) is 1. The van der Waals surface area contributed by atoms with Gasteiger partial charge in [-0.25, -0.2) is 9.59 Å². The van der Waals surface area contributed by atoms with Gasteiger partial charge >= 0.3 is 12.2 Å². The van der Waals surface area contributed by atoms with Crippen LogP contribution in [0, 0.1) is 5.41 Å². The summed E-state index contributed by atoms with van der Waals surface area (Å²) in [5.41, 5.74) is -0.454. The second kappa shape index (κ2) is 9.61. The molecule has 3 aliphatic heterocycles. The molecule has 178 valence electrons. The molecule has 3 rings (SSSR count). The molecule has 11 heteroatoms. The van der Waals surface area contributed by atoms with Crippen molar-refractivity contribution in [3.05, 3.63) is 0 Å². The fourth-order valence-electron chi connectivity index (χ4n) is 4.18. The van der Waals surface area contributed by atoms with Gasteiger partial charge in [0.15, 0.2) is 6.23 Å². The Kier molecular flexibility index (Phi) is 7.52. The maximum absolute atomic E-state index is 12.3. The molecular formula is C20H35NO9Si. The van der Waals surface area contributed by atoms with E-state index in [2.05, 4.69) is 25.0 Å². The Morgan fingerprint density at radius 2 is 1.97 bits per heavy atom. The van der Waals surface area contributed by atoms with Crippen LogP contribution >= 0.6 is 0 Å². The van der Waals surface area contributed by atoms with Gasteiger partial charge in [-0.1, -0.05) is 33.5 Å². The number of methoxy groups -OCH3 is 1. The Morgan fingerprint density at radius 1 is 1.23 bits per heavy atom. The number of fused-ring (bicyclic) bond motifs is 1. The van der Waals surface area contributed by atoms with Gasteiger partial charge in [0.2, 0.25) is 0 Å². The molecule has 0 saturated carbocycles. The Bertz CT molecular complexity index is 653. The van der Waals surface area contributed by atoms with Crippen molar-refractivity contribution >= 4 is 20.3 Å². The lowest BCUT2D eigenvalue weighted by Gasteiger charge is -2.54. The summed E-state index contributed by atoms with van der Waals surface area (Å²) in [6.07, 6.45) is -3.70. The molecule has 0 aromatic rings. The van der Waals surface area contributed by atoms with Crippen LogP contribution in [0.5, 0.6) is 0 Å². The second-order valence-corrected chi connectivity index (χ2v) is 15.7. The highest BCUT2D eigenvalue weighted by Gasteiger charge is 2.56. The molecule has 0 spiro atoms. The van der Waals surface area contributed by atoms with E-state index in [1.807, 2.05) is 13.8 Å². The Morgan fingerprint density at radius 3 is 2.58 bits per heavy atom. The van der Waals surface area contributed by atoms with E-state index < -0.39 is 50.3 Å². The van der Waals surface area contributed by atoms with Crippen LogP contribution in [0.15, 0.2) is 0 Å². The van der Waals surface area contributed by atoms with Crippen LogP contribution in [0.4, 0.5) is 9.59 Å². The van der Waals surface area contributed by atoms with Crippen molar-refractivity contribution in [2.24, 2.45) is 5.41 Å². The van der Waals surface area contributed by atoms with Crippen LogP contribution in [0.3, 0.4) is 0 Å². The lowest BCUT2D eigenvalue weighted by atomic mass is 9.72. The minimum atomic E-state index is -1.31. The molecule has 0 aromatic heterocycles. The minimum Gasteiger partial charge on any atom is -0.450 e. The van der Waals surface area contributed by atoms with Gasteiger partial charge < -0.3 is 33.2 Å². The first-order valence-corrected chi connectivity index (χ1v) is 14.4. The maximum atomic E-state index is 12.3. The van der Waals surface area contributed by atoms with Crippen LogP contribution in [0.25, 0.3) is 0 Å². The zero-order valence-corrected chi connectivity index (χ0v) is 20.2. The van der Waals surface area contributed by atoms with Crippen LogP contribution in [0.1, 0.15) is 20.3 Å². The summed E-state index contributed by atoms with van der Waals surface area (Å²) in [7, 11) is 0.311. The number of amides is 1. The normalized spacial score (nSPS) is 35.0. The fraction of sp³-hybridized carbons (Fsp3) is 0.900. The smallest absolute Gasteiger partial charge is 0.450 e. The highest BCUT2D eigenvalue weighted by molar-refractivity contribution is 6.76. The average Bonchev–Trinajstić information content (AvgIpc) is 3.06. The number of alkyl carbamates (subject to hydrolysis) is 1. The van der Waals surface area contributed by atoms with Crippen molar-refractivity contribution in [2.45, 2.75) is 82.7 Å². The van der Waals surface area contributed by atoms with Gasteiger partial charge in [-0.3, -0.25) is 5.32 Å². The SMILES string of the molecule is CO[C@@H]1[C@H]2OCO[C@H](NC(=O)OCC[Si](C)(C)C)[C@H]2O[C@H](C[C@H]2COC(=O)O2)C1(C)C. The van der Waals surface area contributed by atoms with Crippen LogP contribution in [-0.4, -0.2) is 84.2 Å². The zero-order valence-electron chi connectivity index (χ0n) is 19.2. The van der Waals surface area contributed by atoms with Gasteiger partial charge in [-0.15, -0.1) is 0 Å². The van der Waals surface area contributed by atoms with Gasteiger partial charge in [0.1, 0.15) is 31.7 Å². The average molecular weight is 462 g/mol. The molecule has 3 fully saturated rings. The Hall–Kier alpha value is -1.40. The standard InChI is InChI=1S/C20H35NO9Si/c1-20(2)13(9-12-10-26-19(23)29-12)30-15-14(16(20)24-3)27-11-28-17(15)21-18(22)25-7-8-31(4,5)6/h12-17H,7-11H2,1-6H3,(H,21,22)/t12-,13+,14-,15-,16+,17-/m0/s1. The number of ether oxygens (including phenoxy) is 7. The quantitative estimate of drug-likeness (QED) is 0.451. The lowest BCUT2D eigenvalue weighted by Crippen LogP contribution is -2.68. The van der Waals surface area contributed by atoms with E-state index in [1.54, 1.807) is 7.11 Å². The summed E-state index contributed by atoms with van der Waals surface area (Å²) in [6, 6.07) is 0.877. The molecule has 3 saturated heterocycles. The largest absolute Gasteiger partial charge is 0.508 e. The molecule has 1 amide bonds. The first kappa shape index (κ1) is 24.2. The monoisotopic (exact) mass is 461 g/mol. The number of rotatable bonds is 7. The van der Waals surface area contributed by atoms with Gasteiger partial charge in [0, 0.05) is 27.0 Å². The zero-order chi connectivity index (χ0) is 22.8.